The van der Waals surface area contributed by atoms with Crippen LogP contribution in [-0.4, -0.2) is 39.2 Å². The van der Waals surface area contributed by atoms with Crippen molar-refractivity contribution in [1.82, 2.24) is 19.7 Å². The van der Waals surface area contributed by atoms with Crippen molar-refractivity contribution in [2.75, 3.05) is 19.4 Å². The number of nitrogens with zero attached hydrogens (tertiary/aromatic N) is 4. The number of likely N-dealkylation sites (N-methyl/N-ethyl adjacent to an activating group) is 1. The van der Waals surface area contributed by atoms with Gasteiger partial charge in [0.05, 0.1) is 45.3 Å². The highest BCUT2D eigenvalue weighted by Crippen LogP contribution is 2.42. The zero-order valence-corrected chi connectivity index (χ0v) is 17.7. The van der Waals surface area contributed by atoms with E-state index in [2.05, 4.69) is 10.1 Å². The summed E-state index contributed by atoms with van der Waals surface area (Å²) in [4.78, 5) is 18.4. The van der Waals surface area contributed by atoms with Crippen molar-refractivity contribution in [2.24, 2.45) is 7.05 Å². The van der Waals surface area contributed by atoms with Crippen molar-refractivity contribution in [3.63, 3.8) is 0 Å². The number of hydrogen-bond donors (Lipinski definition) is 1. The highest BCUT2D eigenvalue weighted by molar-refractivity contribution is 6.10. The SMILES string of the molecule is CN(C(=O)c1cc2c(cc1F)nc(N)c1cnn(C)c12)C1COc2cc(C(F)(F)F)cc(F)c21. The topological polar surface area (TPSA) is 86.3 Å². The molecule has 0 spiro atoms. The van der Waals surface area contributed by atoms with Crippen LogP contribution in [-0.2, 0) is 13.2 Å². The maximum absolute atomic E-state index is 15.0. The molecule has 0 saturated carbocycles. The fraction of sp³-hybridized carbons (Fsp3) is 0.227. The maximum atomic E-state index is 15.0. The van der Waals surface area contributed by atoms with Gasteiger partial charge < -0.3 is 15.4 Å². The highest BCUT2D eigenvalue weighted by atomic mass is 19.4. The number of aryl methyl sites for hydroxylation is 1. The Balaban J connectivity index is 1.57. The van der Waals surface area contributed by atoms with Crippen LogP contribution < -0.4 is 10.5 Å². The summed E-state index contributed by atoms with van der Waals surface area (Å²) in [5, 5.41) is 5.07. The van der Waals surface area contributed by atoms with Crippen molar-refractivity contribution >= 4 is 33.5 Å². The third-order valence-corrected chi connectivity index (χ3v) is 5.96. The molecule has 1 amide bonds. The van der Waals surface area contributed by atoms with E-state index in [-0.39, 0.29) is 34.8 Å². The molecule has 1 unspecified atom stereocenters. The van der Waals surface area contributed by atoms with Crippen LogP contribution in [0, 0.1) is 11.6 Å². The van der Waals surface area contributed by atoms with E-state index in [4.69, 9.17) is 10.5 Å². The molecule has 34 heavy (non-hydrogen) atoms. The summed E-state index contributed by atoms with van der Waals surface area (Å²) in [6.45, 7) is -0.283. The summed E-state index contributed by atoms with van der Waals surface area (Å²) in [5.41, 5.74) is 4.95. The fourth-order valence-electron chi connectivity index (χ4n) is 4.23. The van der Waals surface area contributed by atoms with E-state index in [0.717, 1.165) is 11.0 Å². The number of anilines is 1. The van der Waals surface area contributed by atoms with Crippen molar-refractivity contribution in [1.29, 1.82) is 0 Å². The molecule has 12 heteroatoms. The number of carbonyl (C=O) groups excluding carboxylic acids is 1. The predicted molar refractivity (Wildman–Crippen MR) is 112 cm³/mol. The second kappa shape index (κ2) is 7.27. The first-order chi connectivity index (χ1) is 16.0. The molecule has 1 atom stereocenters. The first kappa shape index (κ1) is 21.9. The molecule has 3 heterocycles. The normalized spacial score (nSPS) is 15.6. The minimum atomic E-state index is -4.76. The Morgan fingerprint density at radius 3 is 2.62 bits per heavy atom. The third kappa shape index (κ3) is 3.20. The summed E-state index contributed by atoms with van der Waals surface area (Å²) >= 11 is 0. The summed E-state index contributed by atoms with van der Waals surface area (Å²) in [7, 11) is 2.95. The molecule has 0 aliphatic carbocycles. The standard InChI is InChI=1S/C22H16F5N5O2/c1-31(16-8-34-17-4-9(22(25,26)27)3-14(24)18(16)17)21(33)10-5-11-15(6-13(10)23)30-20(28)12-7-29-32(2)19(11)12/h3-7,16H,8H2,1-2H3,(H2,28,30). The van der Waals surface area contributed by atoms with Crippen molar-refractivity contribution in [2.45, 2.75) is 12.2 Å². The van der Waals surface area contributed by atoms with Gasteiger partial charge in [-0.25, -0.2) is 13.8 Å². The summed E-state index contributed by atoms with van der Waals surface area (Å²) in [5.74, 6) is -3.02. The Labute approximate surface area is 188 Å². The minimum absolute atomic E-state index is 0.152. The van der Waals surface area contributed by atoms with Crippen molar-refractivity contribution in [3.05, 3.63) is 58.8 Å². The average molecular weight is 477 g/mol. The molecule has 2 aromatic heterocycles. The van der Waals surface area contributed by atoms with Gasteiger partial charge in [-0.3, -0.25) is 9.48 Å². The van der Waals surface area contributed by atoms with E-state index in [1.807, 2.05) is 0 Å². The lowest BCUT2D eigenvalue weighted by molar-refractivity contribution is -0.137. The molecule has 5 rings (SSSR count). The van der Waals surface area contributed by atoms with Crippen LogP contribution in [0.2, 0.25) is 0 Å². The number of fused-ring (bicyclic) bond motifs is 4. The molecular formula is C22H16F5N5O2. The molecule has 4 aromatic rings. The summed E-state index contributed by atoms with van der Waals surface area (Å²) in [6, 6.07) is 2.35. The van der Waals surface area contributed by atoms with Gasteiger partial charge in [0.2, 0.25) is 0 Å². The molecular weight excluding hydrogens is 461 g/mol. The van der Waals surface area contributed by atoms with Gasteiger partial charge >= 0.3 is 6.18 Å². The second-order valence-electron chi connectivity index (χ2n) is 7.99. The molecule has 2 aromatic carbocycles. The van der Waals surface area contributed by atoms with E-state index in [0.29, 0.717) is 28.4 Å². The zero-order chi connectivity index (χ0) is 24.5. The van der Waals surface area contributed by atoms with E-state index in [9.17, 15) is 26.7 Å². The van der Waals surface area contributed by atoms with Gasteiger partial charge in [0.25, 0.3) is 5.91 Å². The van der Waals surface area contributed by atoms with E-state index >= 15 is 0 Å². The van der Waals surface area contributed by atoms with Gasteiger partial charge in [0.15, 0.2) is 0 Å². The number of nitrogen functional groups attached to an aromatic ring is 1. The minimum Gasteiger partial charge on any atom is -0.491 e. The summed E-state index contributed by atoms with van der Waals surface area (Å²) in [6.07, 6.45) is -3.26. The fourth-order valence-corrected chi connectivity index (χ4v) is 4.23. The van der Waals surface area contributed by atoms with Gasteiger partial charge in [0.1, 0.15) is 29.8 Å². The first-order valence-corrected chi connectivity index (χ1v) is 9.98. The number of aromatic nitrogens is 3. The molecule has 1 aliphatic rings. The number of pyridine rings is 1. The van der Waals surface area contributed by atoms with Gasteiger partial charge in [-0.2, -0.15) is 18.3 Å². The molecule has 2 N–H and O–H groups in total. The van der Waals surface area contributed by atoms with E-state index in [1.54, 1.807) is 7.05 Å². The number of halogens is 5. The van der Waals surface area contributed by atoms with Crippen LogP contribution in [0.5, 0.6) is 5.75 Å². The van der Waals surface area contributed by atoms with Gasteiger partial charge in [-0.15, -0.1) is 0 Å². The van der Waals surface area contributed by atoms with Crippen LogP contribution in [0.3, 0.4) is 0 Å². The summed E-state index contributed by atoms with van der Waals surface area (Å²) < 4.78 is 75.4. The Morgan fingerprint density at radius 2 is 1.91 bits per heavy atom. The van der Waals surface area contributed by atoms with Crippen LogP contribution in [0.4, 0.5) is 27.8 Å². The van der Waals surface area contributed by atoms with Crippen molar-refractivity contribution < 1.29 is 31.5 Å². The average Bonchev–Trinajstić information content (AvgIpc) is 3.36. The largest absolute Gasteiger partial charge is 0.491 e. The number of benzene rings is 2. The number of carbonyl (C=O) groups is 1. The lowest BCUT2D eigenvalue weighted by atomic mass is 10.0. The monoisotopic (exact) mass is 477 g/mol. The molecule has 0 bridgehead atoms. The lowest BCUT2D eigenvalue weighted by Gasteiger charge is -2.24. The number of amides is 1. The van der Waals surface area contributed by atoms with E-state index in [1.165, 1.54) is 24.0 Å². The highest BCUT2D eigenvalue weighted by Gasteiger charge is 2.39. The molecule has 0 fully saturated rings. The number of rotatable bonds is 2. The Morgan fingerprint density at radius 1 is 1.18 bits per heavy atom. The van der Waals surface area contributed by atoms with Crippen LogP contribution >= 0.6 is 0 Å². The number of hydrogen-bond acceptors (Lipinski definition) is 5. The second-order valence-corrected chi connectivity index (χ2v) is 7.99. The zero-order valence-electron chi connectivity index (χ0n) is 17.7. The quantitative estimate of drug-likeness (QED) is 0.438. The predicted octanol–water partition coefficient (Wildman–Crippen LogP) is 4.21. The Bertz CT molecular complexity index is 1500. The first-order valence-electron chi connectivity index (χ1n) is 9.98. The maximum Gasteiger partial charge on any atom is 0.416 e. The van der Waals surface area contributed by atoms with Crippen LogP contribution in [0.25, 0.3) is 21.8 Å². The van der Waals surface area contributed by atoms with Gasteiger partial charge in [-0.1, -0.05) is 0 Å². The molecule has 7 nitrogen and oxygen atoms in total. The number of ether oxygens (including phenoxy) is 1. The van der Waals surface area contributed by atoms with Gasteiger partial charge in [-0.05, 0) is 18.2 Å². The smallest absolute Gasteiger partial charge is 0.416 e. The Hall–Kier alpha value is -3.96. The van der Waals surface area contributed by atoms with Crippen LogP contribution in [0.15, 0.2) is 30.5 Å². The van der Waals surface area contributed by atoms with Crippen LogP contribution in [0.1, 0.15) is 27.5 Å². The molecule has 1 aliphatic heterocycles. The van der Waals surface area contributed by atoms with Crippen molar-refractivity contribution in [3.8, 4) is 5.75 Å². The molecule has 176 valence electrons. The molecule has 0 radical (unpaired) electrons. The molecule has 0 saturated heterocycles. The lowest BCUT2D eigenvalue weighted by Crippen LogP contribution is -2.33. The number of alkyl halides is 3. The Kier molecular flexibility index (Phi) is 4.68. The van der Waals surface area contributed by atoms with Gasteiger partial charge in [0, 0.05) is 25.5 Å². The number of nitrogens with two attached hydrogens (primary N) is 1. The van der Waals surface area contributed by atoms with E-state index < -0.39 is 35.3 Å². The third-order valence-electron chi connectivity index (χ3n) is 5.96.